The second-order valence-corrected chi connectivity index (χ2v) is 8.63. The van der Waals surface area contributed by atoms with Crippen LogP contribution in [0.15, 0.2) is 47.4 Å². The van der Waals surface area contributed by atoms with Crippen LogP contribution in [-0.2, 0) is 21.2 Å². The highest BCUT2D eigenvalue weighted by molar-refractivity contribution is 7.89. The molecule has 0 saturated heterocycles. The number of aryl methyl sites for hydroxylation is 1. The molecule has 0 heterocycles. The predicted octanol–water partition coefficient (Wildman–Crippen LogP) is 2.93. The van der Waals surface area contributed by atoms with Crippen molar-refractivity contribution < 1.29 is 13.2 Å². The topological polar surface area (TPSA) is 78.5 Å². The lowest BCUT2D eigenvalue weighted by molar-refractivity contribution is -0.114. The van der Waals surface area contributed by atoms with E-state index in [0.717, 1.165) is 11.3 Å². The van der Waals surface area contributed by atoms with E-state index in [1.54, 1.807) is 19.1 Å². The third kappa shape index (κ3) is 5.80. The van der Waals surface area contributed by atoms with Gasteiger partial charge in [-0.1, -0.05) is 18.2 Å². The number of hydrogen-bond acceptors (Lipinski definition) is 4. The van der Waals surface area contributed by atoms with Crippen LogP contribution in [0.5, 0.6) is 0 Å². The van der Waals surface area contributed by atoms with Gasteiger partial charge in [0, 0.05) is 38.4 Å². The molecule has 0 radical (unpaired) electrons. The monoisotopic (exact) mass is 389 g/mol. The van der Waals surface area contributed by atoms with Gasteiger partial charge in [0.2, 0.25) is 15.9 Å². The summed E-state index contributed by atoms with van der Waals surface area (Å²) in [6, 6.07) is 12.6. The molecule has 0 spiro atoms. The molecule has 0 saturated carbocycles. The van der Waals surface area contributed by atoms with E-state index in [4.69, 9.17) is 0 Å². The van der Waals surface area contributed by atoms with Crippen LogP contribution in [0, 0.1) is 6.92 Å². The maximum absolute atomic E-state index is 12.8. The van der Waals surface area contributed by atoms with E-state index in [1.807, 2.05) is 50.2 Å². The van der Waals surface area contributed by atoms with Crippen molar-refractivity contribution in [3.8, 4) is 0 Å². The highest BCUT2D eigenvalue weighted by Crippen LogP contribution is 2.21. The van der Waals surface area contributed by atoms with Gasteiger partial charge in [-0.3, -0.25) is 4.79 Å². The zero-order chi connectivity index (χ0) is 20.2. The largest absolute Gasteiger partial charge is 0.378 e. The van der Waals surface area contributed by atoms with Crippen molar-refractivity contribution in [2.45, 2.75) is 38.1 Å². The third-order valence-electron chi connectivity index (χ3n) is 4.15. The molecule has 2 rings (SSSR count). The van der Waals surface area contributed by atoms with Crippen LogP contribution in [0.1, 0.15) is 25.0 Å². The Kier molecular flexibility index (Phi) is 6.62. The number of nitrogens with one attached hydrogen (secondary N) is 2. The van der Waals surface area contributed by atoms with Crippen molar-refractivity contribution in [3.05, 3.63) is 53.6 Å². The van der Waals surface area contributed by atoms with Crippen LogP contribution < -0.4 is 14.9 Å². The minimum absolute atomic E-state index is 0.170. The number of rotatable bonds is 7. The summed E-state index contributed by atoms with van der Waals surface area (Å²) >= 11 is 0. The van der Waals surface area contributed by atoms with Crippen molar-refractivity contribution in [2.24, 2.45) is 0 Å². The number of amides is 1. The van der Waals surface area contributed by atoms with Gasteiger partial charge in [-0.25, -0.2) is 13.1 Å². The van der Waals surface area contributed by atoms with Crippen molar-refractivity contribution in [2.75, 3.05) is 24.3 Å². The quantitative estimate of drug-likeness (QED) is 0.763. The van der Waals surface area contributed by atoms with E-state index in [-0.39, 0.29) is 16.8 Å². The maximum Gasteiger partial charge on any atom is 0.241 e. The van der Waals surface area contributed by atoms with Crippen LogP contribution in [0.2, 0.25) is 0 Å². The Balaban J connectivity index is 2.14. The molecule has 0 bridgehead atoms. The molecule has 2 aromatic carbocycles. The standard InChI is InChI=1S/C20H27N3O3S/c1-14-6-9-18(21-16(3)24)13-20(14)27(25,26)22-15(2)12-17-7-10-19(11-8-17)23(4)5/h6-11,13,15,22H,12H2,1-5H3,(H,21,24). The van der Waals surface area contributed by atoms with Gasteiger partial charge in [0.05, 0.1) is 4.90 Å². The molecule has 7 heteroatoms. The summed E-state index contributed by atoms with van der Waals surface area (Å²) < 4.78 is 28.3. The van der Waals surface area contributed by atoms with Gasteiger partial charge in [-0.05, 0) is 55.7 Å². The number of carbonyl (C=O) groups is 1. The van der Waals surface area contributed by atoms with E-state index in [2.05, 4.69) is 10.0 Å². The Bertz CT molecular complexity index is 907. The first-order chi connectivity index (χ1) is 12.6. The summed E-state index contributed by atoms with van der Waals surface area (Å²) in [5.74, 6) is -0.246. The normalized spacial score (nSPS) is 12.5. The number of hydrogen-bond donors (Lipinski definition) is 2. The first-order valence-corrected chi connectivity index (χ1v) is 10.2. The Labute approximate surface area is 161 Å². The summed E-state index contributed by atoms with van der Waals surface area (Å²) in [4.78, 5) is 13.4. The smallest absolute Gasteiger partial charge is 0.241 e. The van der Waals surface area contributed by atoms with Gasteiger partial charge in [0.1, 0.15) is 0 Å². The van der Waals surface area contributed by atoms with Crippen LogP contribution in [0.4, 0.5) is 11.4 Å². The molecule has 2 aromatic rings. The molecule has 2 N–H and O–H groups in total. The van der Waals surface area contributed by atoms with Gasteiger partial charge in [0.25, 0.3) is 0 Å². The molecule has 0 aromatic heterocycles. The molecule has 1 atom stereocenters. The molecule has 1 amide bonds. The van der Waals surface area contributed by atoms with Gasteiger partial charge in [-0.15, -0.1) is 0 Å². The molecular weight excluding hydrogens is 362 g/mol. The van der Waals surface area contributed by atoms with Crippen molar-refractivity contribution in [1.82, 2.24) is 4.72 Å². The number of benzene rings is 2. The van der Waals surface area contributed by atoms with Crippen LogP contribution in [0.3, 0.4) is 0 Å². The Hall–Kier alpha value is -2.38. The number of sulfonamides is 1. The summed E-state index contributed by atoms with van der Waals surface area (Å²) in [6.45, 7) is 4.96. The fourth-order valence-electron chi connectivity index (χ4n) is 2.82. The Morgan fingerprint density at radius 3 is 2.30 bits per heavy atom. The molecule has 146 valence electrons. The molecular formula is C20H27N3O3S. The average molecular weight is 390 g/mol. The van der Waals surface area contributed by atoms with Gasteiger partial charge in [0.15, 0.2) is 0 Å². The fourth-order valence-corrected chi connectivity index (χ4v) is 4.34. The number of nitrogens with zero attached hydrogens (tertiary/aromatic N) is 1. The highest BCUT2D eigenvalue weighted by atomic mass is 32.2. The summed E-state index contributed by atoms with van der Waals surface area (Å²) in [7, 11) is 0.251. The van der Waals surface area contributed by atoms with Gasteiger partial charge in [-0.2, -0.15) is 0 Å². The minimum atomic E-state index is -3.70. The van der Waals surface area contributed by atoms with E-state index in [9.17, 15) is 13.2 Å². The molecule has 1 unspecified atom stereocenters. The first-order valence-electron chi connectivity index (χ1n) is 8.75. The van der Waals surface area contributed by atoms with Crippen molar-refractivity contribution in [1.29, 1.82) is 0 Å². The zero-order valence-corrected chi connectivity index (χ0v) is 17.2. The second-order valence-electron chi connectivity index (χ2n) is 6.95. The summed E-state index contributed by atoms with van der Waals surface area (Å²) in [6.07, 6.45) is 0.581. The van der Waals surface area contributed by atoms with E-state index in [0.29, 0.717) is 17.7 Å². The summed E-state index contributed by atoms with van der Waals surface area (Å²) in [5, 5.41) is 2.62. The van der Waals surface area contributed by atoms with Crippen LogP contribution >= 0.6 is 0 Å². The minimum Gasteiger partial charge on any atom is -0.378 e. The lowest BCUT2D eigenvalue weighted by Crippen LogP contribution is -2.34. The van der Waals surface area contributed by atoms with Crippen LogP contribution in [-0.4, -0.2) is 34.5 Å². The molecule has 0 aliphatic carbocycles. The first kappa shape index (κ1) is 20.9. The SMILES string of the molecule is CC(=O)Nc1ccc(C)c(S(=O)(=O)NC(C)Cc2ccc(N(C)C)cc2)c1. The van der Waals surface area contributed by atoms with E-state index >= 15 is 0 Å². The Morgan fingerprint density at radius 2 is 1.74 bits per heavy atom. The van der Waals surface area contributed by atoms with E-state index < -0.39 is 10.0 Å². The lowest BCUT2D eigenvalue weighted by atomic mass is 10.1. The van der Waals surface area contributed by atoms with Gasteiger partial charge >= 0.3 is 0 Å². The van der Waals surface area contributed by atoms with Gasteiger partial charge < -0.3 is 10.2 Å². The molecule has 6 nitrogen and oxygen atoms in total. The zero-order valence-electron chi connectivity index (χ0n) is 16.4. The molecule has 0 aliphatic heterocycles. The van der Waals surface area contributed by atoms with Crippen molar-refractivity contribution in [3.63, 3.8) is 0 Å². The van der Waals surface area contributed by atoms with Crippen molar-refractivity contribution >= 4 is 27.3 Å². The third-order valence-corrected chi connectivity index (χ3v) is 5.88. The Morgan fingerprint density at radius 1 is 1.11 bits per heavy atom. The number of carbonyl (C=O) groups excluding carboxylic acids is 1. The highest BCUT2D eigenvalue weighted by Gasteiger charge is 2.20. The second kappa shape index (κ2) is 8.54. The molecule has 0 aliphatic rings. The average Bonchev–Trinajstić information content (AvgIpc) is 2.56. The molecule has 27 heavy (non-hydrogen) atoms. The summed E-state index contributed by atoms with van der Waals surface area (Å²) in [5.41, 5.74) is 3.23. The van der Waals surface area contributed by atoms with E-state index in [1.165, 1.54) is 13.0 Å². The maximum atomic E-state index is 12.8. The molecule has 0 fully saturated rings. The predicted molar refractivity (Wildman–Crippen MR) is 110 cm³/mol. The van der Waals surface area contributed by atoms with Crippen LogP contribution in [0.25, 0.3) is 0 Å². The lowest BCUT2D eigenvalue weighted by Gasteiger charge is -2.17. The number of anilines is 2. The fraction of sp³-hybridized carbons (Fsp3) is 0.350.